The number of carbonyl (C=O) groups is 1. The third kappa shape index (κ3) is 6.47. The van der Waals surface area contributed by atoms with Gasteiger partial charge in [0.2, 0.25) is 5.95 Å². The molecule has 1 aromatic heterocycles. The molecule has 1 heterocycles. The van der Waals surface area contributed by atoms with Crippen molar-refractivity contribution in [3.63, 3.8) is 0 Å². The Balaban J connectivity index is 2.61. The van der Waals surface area contributed by atoms with Crippen LogP contribution in [0.4, 0.5) is 22.2 Å². The van der Waals surface area contributed by atoms with Crippen molar-refractivity contribution in [3.8, 4) is 0 Å². The summed E-state index contributed by atoms with van der Waals surface area (Å²) < 4.78 is 0. The van der Waals surface area contributed by atoms with Crippen LogP contribution in [0.25, 0.3) is 0 Å². The fraction of sp³-hybridized carbons (Fsp3) is 0.688. The van der Waals surface area contributed by atoms with Gasteiger partial charge in [-0.1, -0.05) is 0 Å². The average molecular weight is 338 g/mol. The van der Waals surface area contributed by atoms with Gasteiger partial charge >= 0.3 is 6.09 Å². The lowest BCUT2D eigenvalue weighted by Crippen LogP contribution is -2.45. The number of nitrogens with zero attached hydrogens (tertiary/aromatic N) is 3. The number of nitrogens with one attached hydrogen (secondary N) is 2. The van der Waals surface area contributed by atoms with Gasteiger partial charge in [-0.2, -0.15) is 4.98 Å². The summed E-state index contributed by atoms with van der Waals surface area (Å²) in [6.07, 6.45) is 1.29. The van der Waals surface area contributed by atoms with Crippen molar-refractivity contribution < 1.29 is 9.90 Å². The molecular weight excluding hydrogens is 308 g/mol. The Morgan fingerprint density at radius 2 is 1.92 bits per heavy atom. The minimum atomic E-state index is -0.916. The van der Waals surface area contributed by atoms with E-state index in [9.17, 15) is 9.90 Å². The number of rotatable bonds is 6. The van der Waals surface area contributed by atoms with Gasteiger partial charge in [-0.25, -0.2) is 9.78 Å². The van der Waals surface area contributed by atoms with Crippen LogP contribution in [0.1, 0.15) is 48.0 Å². The Hall–Kier alpha value is -2.25. The van der Waals surface area contributed by atoms with Crippen molar-refractivity contribution in [2.24, 2.45) is 0 Å². The molecule has 1 amide bonds. The number of hydrogen-bond acceptors (Lipinski definition) is 6. The van der Waals surface area contributed by atoms with Crippen LogP contribution in [0, 0.1) is 0 Å². The van der Waals surface area contributed by atoms with E-state index in [0.717, 1.165) is 0 Å². The quantitative estimate of drug-likeness (QED) is 0.589. The van der Waals surface area contributed by atoms with Gasteiger partial charge < -0.3 is 26.4 Å². The van der Waals surface area contributed by atoms with E-state index >= 15 is 0 Å². The number of aromatic nitrogens is 2. The lowest BCUT2D eigenvalue weighted by atomic mass is 10.1. The largest absolute Gasteiger partial charge is 0.465 e. The third-order valence-corrected chi connectivity index (χ3v) is 3.20. The van der Waals surface area contributed by atoms with Crippen LogP contribution in [-0.2, 0) is 0 Å². The van der Waals surface area contributed by atoms with Gasteiger partial charge in [0.25, 0.3) is 0 Å². The summed E-state index contributed by atoms with van der Waals surface area (Å²) in [6, 6.07) is 0. The van der Waals surface area contributed by atoms with Gasteiger partial charge in [-0.05, 0) is 48.0 Å². The van der Waals surface area contributed by atoms with Crippen LogP contribution in [0.15, 0.2) is 6.20 Å². The molecule has 0 bridgehead atoms. The van der Waals surface area contributed by atoms with E-state index < -0.39 is 11.6 Å². The molecule has 0 atom stereocenters. The molecule has 0 aliphatic rings. The maximum absolute atomic E-state index is 11.3. The molecule has 0 fully saturated rings. The smallest absolute Gasteiger partial charge is 0.407 e. The third-order valence-electron chi connectivity index (χ3n) is 3.20. The number of nitrogens with two attached hydrogens (primary N) is 1. The SMILES string of the molecule is CC(C)(C)Nc1ncc(N)c(NCCCN(C(=O)O)C(C)(C)C)n1. The maximum Gasteiger partial charge on any atom is 0.407 e. The van der Waals surface area contributed by atoms with E-state index in [1.54, 1.807) is 6.20 Å². The number of amides is 1. The van der Waals surface area contributed by atoms with Gasteiger partial charge in [-0.15, -0.1) is 0 Å². The molecule has 0 aliphatic carbocycles. The van der Waals surface area contributed by atoms with Crippen molar-refractivity contribution >= 4 is 23.5 Å². The molecule has 5 N–H and O–H groups in total. The van der Waals surface area contributed by atoms with Gasteiger partial charge in [-0.3, -0.25) is 0 Å². The molecule has 0 aliphatic heterocycles. The van der Waals surface area contributed by atoms with E-state index in [1.807, 2.05) is 41.5 Å². The van der Waals surface area contributed by atoms with Crippen LogP contribution in [0.2, 0.25) is 0 Å². The topological polar surface area (TPSA) is 116 Å². The lowest BCUT2D eigenvalue weighted by Gasteiger charge is -2.33. The fourth-order valence-electron chi connectivity index (χ4n) is 2.09. The Labute approximate surface area is 143 Å². The minimum Gasteiger partial charge on any atom is -0.465 e. The van der Waals surface area contributed by atoms with Crippen LogP contribution >= 0.6 is 0 Å². The number of carboxylic acid groups (broad SMARTS) is 1. The van der Waals surface area contributed by atoms with Crippen molar-refractivity contribution in [1.82, 2.24) is 14.9 Å². The molecule has 24 heavy (non-hydrogen) atoms. The molecule has 0 unspecified atom stereocenters. The first kappa shape index (κ1) is 19.8. The fourth-order valence-corrected chi connectivity index (χ4v) is 2.09. The Morgan fingerprint density at radius 3 is 2.42 bits per heavy atom. The molecule has 8 nitrogen and oxygen atoms in total. The average Bonchev–Trinajstić information content (AvgIpc) is 2.38. The monoisotopic (exact) mass is 338 g/mol. The second-order valence-electron chi connectivity index (χ2n) is 7.76. The van der Waals surface area contributed by atoms with Gasteiger partial charge in [0.05, 0.1) is 11.9 Å². The van der Waals surface area contributed by atoms with Crippen LogP contribution in [-0.4, -0.2) is 50.2 Å². The molecule has 0 saturated carbocycles. The van der Waals surface area contributed by atoms with Crippen LogP contribution < -0.4 is 16.4 Å². The molecule has 0 aromatic carbocycles. The summed E-state index contributed by atoms with van der Waals surface area (Å²) >= 11 is 0. The molecule has 8 heteroatoms. The molecule has 136 valence electrons. The molecule has 0 spiro atoms. The summed E-state index contributed by atoms with van der Waals surface area (Å²) in [5.74, 6) is 1.05. The number of anilines is 3. The Bertz CT molecular complexity index is 563. The second-order valence-corrected chi connectivity index (χ2v) is 7.76. The highest BCUT2D eigenvalue weighted by Crippen LogP contribution is 2.18. The van der Waals surface area contributed by atoms with Gasteiger partial charge in [0, 0.05) is 24.2 Å². The predicted octanol–water partition coefficient (Wildman–Crippen LogP) is 2.85. The maximum atomic E-state index is 11.3. The van der Waals surface area contributed by atoms with E-state index in [4.69, 9.17) is 5.73 Å². The van der Waals surface area contributed by atoms with Crippen LogP contribution in [0.5, 0.6) is 0 Å². The molecule has 0 saturated heterocycles. The number of nitrogen functional groups attached to an aromatic ring is 1. The first-order valence-corrected chi connectivity index (χ1v) is 8.05. The van der Waals surface area contributed by atoms with Gasteiger partial charge in [0.1, 0.15) is 0 Å². The van der Waals surface area contributed by atoms with E-state index in [0.29, 0.717) is 37.0 Å². The molecule has 1 aromatic rings. The molecular formula is C16H30N6O2. The second kappa shape index (κ2) is 7.55. The Morgan fingerprint density at radius 1 is 1.29 bits per heavy atom. The zero-order valence-corrected chi connectivity index (χ0v) is 15.5. The standard InChI is InChI=1S/C16H30N6O2/c1-15(2,3)21-13-19-10-11(17)12(20-13)18-8-7-9-22(14(23)24)16(4,5)6/h10H,7-9,17H2,1-6H3,(H,23,24)(H2,18,19,20,21). The van der Waals surface area contributed by atoms with Crippen molar-refractivity contribution in [3.05, 3.63) is 6.20 Å². The number of hydrogen-bond donors (Lipinski definition) is 4. The van der Waals surface area contributed by atoms with Gasteiger partial charge in [0.15, 0.2) is 5.82 Å². The predicted molar refractivity (Wildman–Crippen MR) is 97.4 cm³/mol. The zero-order chi connectivity index (χ0) is 18.5. The normalized spacial score (nSPS) is 11.9. The highest BCUT2D eigenvalue weighted by molar-refractivity contribution is 5.66. The van der Waals surface area contributed by atoms with Crippen molar-refractivity contribution in [1.29, 1.82) is 0 Å². The van der Waals surface area contributed by atoms with E-state index in [2.05, 4.69) is 20.6 Å². The summed E-state index contributed by atoms with van der Waals surface area (Å²) in [5.41, 5.74) is 5.77. The summed E-state index contributed by atoms with van der Waals surface area (Å²) in [7, 11) is 0. The van der Waals surface area contributed by atoms with E-state index in [1.165, 1.54) is 4.90 Å². The first-order valence-electron chi connectivity index (χ1n) is 8.05. The minimum absolute atomic E-state index is 0.151. The highest BCUT2D eigenvalue weighted by atomic mass is 16.4. The van der Waals surface area contributed by atoms with E-state index in [-0.39, 0.29) is 5.54 Å². The molecule has 1 rings (SSSR count). The first-order chi connectivity index (χ1) is 10.9. The summed E-state index contributed by atoms with van der Waals surface area (Å²) in [5, 5.41) is 15.6. The lowest BCUT2D eigenvalue weighted by molar-refractivity contribution is 0.100. The van der Waals surface area contributed by atoms with Crippen molar-refractivity contribution in [2.75, 3.05) is 29.5 Å². The zero-order valence-electron chi connectivity index (χ0n) is 15.5. The highest BCUT2D eigenvalue weighted by Gasteiger charge is 2.25. The Kier molecular flexibility index (Phi) is 6.22. The van der Waals surface area contributed by atoms with Crippen LogP contribution in [0.3, 0.4) is 0 Å². The summed E-state index contributed by atoms with van der Waals surface area (Å²) in [6.45, 7) is 12.7. The molecule has 0 radical (unpaired) electrons. The summed E-state index contributed by atoms with van der Waals surface area (Å²) in [4.78, 5) is 21.3. The van der Waals surface area contributed by atoms with Crippen molar-refractivity contribution in [2.45, 2.75) is 59.0 Å².